The molecule has 1 aromatic heterocycles. The molecule has 2 aromatic rings. The minimum Gasteiger partial charge on any atom is -0.396 e. The van der Waals surface area contributed by atoms with E-state index in [9.17, 15) is 15.0 Å². The highest BCUT2D eigenvalue weighted by Crippen LogP contribution is 2.62. The third-order valence-electron chi connectivity index (χ3n) is 7.70. The molecule has 1 heterocycles. The van der Waals surface area contributed by atoms with Crippen molar-refractivity contribution in [2.24, 2.45) is 16.7 Å². The molecule has 5 atom stereocenters. The van der Waals surface area contributed by atoms with E-state index >= 15 is 0 Å². The average molecular weight is 454 g/mol. The van der Waals surface area contributed by atoms with Crippen molar-refractivity contribution >= 4 is 28.1 Å². The monoisotopic (exact) mass is 453 g/mol. The van der Waals surface area contributed by atoms with Gasteiger partial charge in [-0.05, 0) is 42.7 Å². The number of terminal acetylenes is 1. The smallest absolute Gasteiger partial charge is 0.221 e. The van der Waals surface area contributed by atoms with Crippen molar-refractivity contribution in [2.45, 2.75) is 51.6 Å². The topological polar surface area (TPSA) is 94.5 Å². The molecule has 1 amide bonds. The van der Waals surface area contributed by atoms with Gasteiger partial charge in [-0.3, -0.25) is 4.79 Å². The van der Waals surface area contributed by atoms with Crippen LogP contribution in [0.15, 0.2) is 30.3 Å². The van der Waals surface area contributed by atoms with E-state index in [-0.39, 0.29) is 42.7 Å². The zero-order chi connectivity index (χ0) is 22.9. The van der Waals surface area contributed by atoms with Gasteiger partial charge in [0.05, 0.1) is 24.9 Å². The maximum atomic E-state index is 12.7. The zero-order valence-corrected chi connectivity index (χ0v) is 19.4. The number of fused-ring (bicyclic) bond motifs is 2. The normalized spacial score (nSPS) is 31.2. The van der Waals surface area contributed by atoms with Gasteiger partial charge in [0, 0.05) is 28.3 Å². The molecule has 6 nitrogen and oxygen atoms in total. The van der Waals surface area contributed by atoms with E-state index in [0.717, 1.165) is 34.2 Å². The molecule has 0 unspecified atom stereocenters. The van der Waals surface area contributed by atoms with E-state index in [2.05, 4.69) is 23.5 Å². The van der Waals surface area contributed by atoms with Gasteiger partial charge in [-0.2, -0.15) is 0 Å². The summed E-state index contributed by atoms with van der Waals surface area (Å²) >= 11 is 1.60. The van der Waals surface area contributed by atoms with E-state index in [1.165, 1.54) is 0 Å². The lowest BCUT2D eigenvalue weighted by atomic mass is 9.47. The van der Waals surface area contributed by atoms with E-state index in [1.807, 2.05) is 37.3 Å². The number of carbonyl (C=O) groups excluding carboxylic acids is 1. The Morgan fingerprint density at radius 1 is 1.34 bits per heavy atom. The van der Waals surface area contributed by atoms with Crippen LogP contribution in [0.25, 0.3) is 0 Å². The first-order valence-electron chi connectivity index (χ1n) is 11.1. The van der Waals surface area contributed by atoms with Crippen LogP contribution in [0.5, 0.6) is 0 Å². The Morgan fingerprint density at radius 2 is 2.09 bits per heavy atom. The number of benzene rings is 1. The maximum absolute atomic E-state index is 12.7. The predicted octanol–water partition coefficient (Wildman–Crippen LogP) is 3.44. The Bertz CT molecular complexity index is 1020. The molecule has 4 N–H and O–H groups in total. The molecule has 1 fully saturated rings. The molecule has 1 saturated carbocycles. The second-order valence-corrected chi connectivity index (χ2v) is 10.6. The van der Waals surface area contributed by atoms with Gasteiger partial charge in [0.2, 0.25) is 5.91 Å². The van der Waals surface area contributed by atoms with Crippen LogP contribution in [0, 0.1) is 29.1 Å². The van der Waals surface area contributed by atoms with Crippen molar-refractivity contribution < 1.29 is 15.0 Å². The fraction of sp³-hybridized carbons (Fsp3) is 0.520. The number of thiazole rings is 1. The molecule has 0 radical (unpaired) electrons. The lowest BCUT2D eigenvalue weighted by molar-refractivity contribution is -0.144. The number of nitrogens with zero attached hydrogens (tertiary/aromatic N) is 1. The van der Waals surface area contributed by atoms with E-state index in [1.54, 1.807) is 11.3 Å². The summed E-state index contributed by atoms with van der Waals surface area (Å²) in [7, 11) is 0. The molecule has 0 bridgehead atoms. The minimum absolute atomic E-state index is 0.0340. The third-order valence-corrected chi connectivity index (χ3v) is 8.70. The molecule has 0 saturated heterocycles. The first-order chi connectivity index (χ1) is 15.3. The zero-order valence-electron chi connectivity index (χ0n) is 18.6. The molecule has 2 aliphatic carbocycles. The van der Waals surface area contributed by atoms with Crippen LogP contribution < -0.4 is 10.6 Å². The average Bonchev–Trinajstić information content (AvgIpc) is 3.19. The molecule has 2 aliphatic rings. The van der Waals surface area contributed by atoms with Crippen LogP contribution in [0.2, 0.25) is 0 Å². The number of carbonyl (C=O) groups is 1. The van der Waals surface area contributed by atoms with Crippen LogP contribution in [0.1, 0.15) is 49.6 Å². The van der Waals surface area contributed by atoms with Gasteiger partial charge < -0.3 is 20.8 Å². The highest BCUT2D eigenvalue weighted by Gasteiger charge is 2.59. The van der Waals surface area contributed by atoms with Crippen molar-refractivity contribution in [2.75, 3.05) is 18.5 Å². The Labute approximate surface area is 193 Å². The summed E-state index contributed by atoms with van der Waals surface area (Å²) in [5, 5.41) is 28.1. The fourth-order valence-electron chi connectivity index (χ4n) is 5.75. The van der Waals surface area contributed by atoms with Crippen LogP contribution in [-0.4, -0.2) is 40.4 Å². The second-order valence-electron chi connectivity index (χ2n) is 9.54. The number of aromatic nitrogens is 1. The summed E-state index contributed by atoms with van der Waals surface area (Å²) in [5.74, 6) is 2.28. The van der Waals surface area contributed by atoms with Gasteiger partial charge in [-0.1, -0.05) is 38.0 Å². The highest BCUT2D eigenvalue weighted by molar-refractivity contribution is 7.15. The van der Waals surface area contributed by atoms with E-state index in [0.29, 0.717) is 6.42 Å². The highest BCUT2D eigenvalue weighted by atomic mass is 32.1. The summed E-state index contributed by atoms with van der Waals surface area (Å²) in [6.07, 6.45) is 7.15. The molecule has 32 heavy (non-hydrogen) atoms. The Kier molecular flexibility index (Phi) is 6.30. The SMILES string of the molecule is C#CCNC(=O)C[C@@H]1c2nc(Nc3ccccc3)sc2C[C@@H]2[C@](C)(CO)[C@H](O)CC[C@]21C. The quantitative estimate of drug-likeness (QED) is 0.503. The number of rotatable bonds is 6. The maximum Gasteiger partial charge on any atom is 0.221 e. The Hall–Kier alpha value is -2.40. The number of para-hydroxylation sites is 1. The van der Waals surface area contributed by atoms with Gasteiger partial charge in [-0.15, -0.1) is 17.8 Å². The minimum atomic E-state index is -0.630. The standard InChI is InChI=1S/C25H31N3O3S/c1-4-12-26-21(31)13-17-22-18(32-23(28-22)27-16-8-6-5-7-9-16)14-19-24(17,2)11-10-20(30)25(19,3)15-29/h1,5-9,17,19-20,29-30H,10-15H2,2-3H3,(H,26,31)(H,27,28)/t17-,19+,20-,24+,25+/m1/s1. The molecule has 4 rings (SSSR count). The van der Waals surface area contributed by atoms with Crippen molar-refractivity contribution in [3.8, 4) is 12.3 Å². The molecule has 0 aliphatic heterocycles. The lowest BCUT2D eigenvalue weighted by Gasteiger charge is -2.58. The van der Waals surface area contributed by atoms with E-state index < -0.39 is 11.5 Å². The third kappa shape index (κ3) is 3.92. The largest absolute Gasteiger partial charge is 0.396 e. The van der Waals surface area contributed by atoms with Crippen molar-refractivity contribution in [3.05, 3.63) is 40.9 Å². The summed E-state index contributed by atoms with van der Waals surface area (Å²) in [4.78, 5) is 18.8. The van der Waals surface area contributed by atoms with Crippen LogP contribution >= 0.6 is 11.3 Å². The summed E-state index contributed by atoms with van der Waals surface area (Å²) < 4.78 is 0. The summed E-state index contributed by atoms with van der Waals surface area (Å²) in [6.45, 7) is 4.28. The Balaban J connectivity index is 1.74. The molecule has 0 spiro atoms. The first kappa shape index (κ1) is 22.8. The van der Waals surface area contributed by atoms with Gasteiger partial charge >= 0.3 is 0 Å². The number of amides is 1. The second kappa shape index (κ2) is 8.86. The van der Waals surface area contributed by atoms with Crippen LogP contribution in [-0.2, 0) is 11.2 Å². The number of hydrogen-bond donors (Lipinski definition) is 4. The van der Waals surface area contributed by atoms with Gasteiger partial charge in [0.15, 0.2) is 5.13 Å². The number of nitrogens with one attached hydrogen (secondary N) is 2. The van der Waals surface area contributed by atoms with Crippen LogP contribution in [0.3, 0.4) is 0 Å². The molecule has 1 aromatic carbocycles. The van der Waals surface area contributed by atoms with Crippen molar-refractivity contribution in [1.82, 2.24) is 10.3 Å². The van der Waals surface area contributed by atoms with E-state index in [4.69, 9.17) is 11.4 Å². The number of hydrogen-bond acceptors (Lipinski definition) is 6. The number of aliphatic hydroxyl groups is 2. The Morgan fingerprint density at radius 3 is 2.78 bits per heavy atom. The van der Waals surface area contributed by atoms with Crippen LogP contribution in [0.4, 0.5) is 10.8 Å². The molecule has 170 valence electrons. The van der Waals surface area contributed by atoms with Crippen molar-refractivity contribution in [3.63, 3.8) is 0 Å². The fourth-order valence-corrected chi connectivity index (χ4v) is 6.84. The molecule has 7 heteroatoms. The summed E-state index contributed by atoms with van der Waals surface area (Å²) in [6, 6.07) is 9.89. The number of aliphatic hydroxyl groups excluding tert-OH is 2. The van der Waals surface area contributed by atoms with Gasteiger partial charge in [0.25, 0.3) is 0 Å². The number of anilines is 2. The first-order valence-corrected chi connectivity index (χ1v) is 11.9. The molecular formula is C25H31N3O3S. The predicted molar refractivity (Wildman–Crippen MR) is 127 cm³/mol. The van der Waals surface area contributed by atoms with Gasteiger partial charge in [-0.25, -0.2) is 4.98 Å². The summed E-state index contributed by atoms with van der Waals surface area (Å²) in [5.41, 5.74) is 1.02. The lowest BCUT2D eigenvalue weighted by Crippen LogP contribution is -2.57. The van der Waals surface area contributed by atoms with Gasteiger partial charge in [0.1, 0.15) is 0 Å². The molecular weight excluding hydrogens is 422 g/mol. The van der Waals surface area contributed by atoms with Crippen molar-refractivity contribution in [1.29, 1.82) is 0 Å².